The Hall–Kier alpha value is 0. The molecule has 0 aromatic rings. The summed E-state index contributed by atoms with van der Waals surface area (Å²) in [5.74, 6) is 1.54. The molecule has 0 atom stereocenters. The lowest BCUT2D eigenvalue weighted by molar-refractivity contribution is 0.165. The zero-order chi connectivity index (χ0) is 8.48. The molecular formula is C11H20. The van der Waals surface area contributed by atoms with Crippen LogP contribution in [0.5, 0.6) is 0 Å². The minimum atomic E-state index is 0.444. The second kappa shape index (κ2) is 3.16. The van der Waals surface area contributed by atoms with Crippen molar-refractivity contribution in [3.05, 3.63) is 6.42 Å². The van der Waals surface area contributed by atoms with Crippen LogP contribution >= 0.6 is 0 Å². The topological polar surface area (TPSA) is 0 Å². The van der Waals surface area contributed by atoms with E-state index in [2.05, 4.69) is 34.1 Å². The first-order chi connectivity index (χ1) is 5.09. The lowest BCUT2D eigenvalue weighted by atomic mass is 9.68. The van der Waals surface area contributed by atoms with Gasteiger partial charge in [0.05, 0.1) is 0 Å². The average molecular weight is 152 g/mol. The van der Waals surface area contributed by atoms with Gasteiger partial charge in [0, 0.05) is 0 Å². The van der Waals surface area contributed by atoms with Crippen LogP contribution in [0.15, 0.2) is 0 Å². The SMILES string of the molecule is CC(C)C1(C(C)C)[C]CCC1. The summed E-state index contributed by atoms with van der Waals surface area (Å²) < 4.78 is 0. The van der Waals surface area contributed by atoms with Crippen LogP contribution in [0, 0.1) is 23.7 Å². The zero-order valence-corrected chi connectivity index (χ0v) is 8.28. The van der Waals surface area contributed by atoms with Crippen molar-refractivity contribution in [2.24, 2.45) is 17.3 Å². The summed E-state index contributed by atoms with van der Waals surface area (Å²) in [6.07, 6.45) is 7.61. The summed E-state index contributed by atoms with van der Waals surface area (Å²) in [5.41, 5.74) is 0.444. The highest BCUT2D eigenvalue weighted by Gasteiger charge is 2.39. The zero-order valence-electron chi connectivity index (χ0n) is 8.28. The minimum absolute atomic E-state index is 0.444. The van der Waals surface area contributed by atoms with Gasteiger partial charge in [-0.05, 0) is 36.5 Å². The quantitative estimate of drug-likeness (QED) is 0.567. The molecule has 11 heavy (non-hydrogen) atoms. The van der Waals surface area contributed by atoms with Gasteiger partial charge in [-0.3, -0.25) is 0 Å². The minimum Gasteiger partial charge on any atom is -0.0622 e. The molecule has 0 spiro atoms. The fourth-order valence-corrected chi connectivity index (χ4v) is 2.44. The van der Waals surface area contributed by atoms with Gasteiger partial charge in [-0.25, -0.2) is 0 Å². The van der Waals surface area contributed by atoms with E-state index in [0.717, 1.165) is 11.8 Å². The van der Waals surface area contributed by atoms with E-state index >= 15 is 0 Å². The smallest absolute Gasteiger partial charge is 0.0101 e. The fourth-order valence-electron chi connectivity index (χ4n) is 2.44. The summed E-state index contributed by atoms with van der Waals surface area (Å²) in [4.78, 5) is 0. The van der Waals surface area contributed by atoms with Crippen molar-refractivity contribution in [3.63, 3.8) is 0 Å². The van der Waals surface area contributed by atoms with E-state index < -0.39 is 0 Å². The maximum absolute atomic E-state index is 3.67. The maximum Gasteiger partial charge on any atom is -0.0101 e. The van der Waals surface area contributed by atoms with Crippen LogP contribution in [0.4, 0.5) is 0 Å². The van der Waals surface area contributed by atoms with Crippen molar-refractivity contribution >= 4 is 0 Å². The molecule has 0 saturated heterocycles. The first kappa shape index (κ1) is 9.09. The molecule has 0 N–H and O–H groups in total. The highest BCUT2D eigenvalue weighted by molar-refractivity contribution is 5.01. The third-order valence-electron chi connectivity index (χ3n) is 3.28. The van der Waals surface area contributed by atoms with Gasteiger partial charge in [0.15, 0.2) is 0 Å². The molecule has 0 heterocycles. The van der Waals surface area contributed by atoms with E-state index in [1.165, 1.54) is 19.3 Å². The molecule has 1 aliphatic carbocycles. The van der Waals surface area contributed by atoms with Crippen LogP contribution in [-0.2, 0) is 0 Å². The Morgan fingerprint density at radius 2 is 1.64 bits per heavy atom. The van der Waals surface area contributed by atoms with Crippen molar-refractivity contribution in [1.29, 1.82) is 0 Å². The average Bonchev–Trinajstić information content (AvgIpc) is 2.34. The third-order valence-corrected chi connectivity index (χ3v) is 3.28. The van der Waals surface area contributed by atoms with Gasteiger partial charge >= 0.3 is 0 Å². The predicted molar refractivity (Wildman–Crippen MR) is 49.2 cm³/mol. The molecule has 64 valence electrons. The van der Waals surface area contributed by atoms with Crippen LogP contribution in [0.25, 0.3) is 0 Å². The largest absolute Gasteiger partial charge is 0.0622 e. The molecule has 1 rings (SSSR count). The normalized spacial score (nSPS) is 23.5. The van der Waals surface area contributed by atoms with Crippen molar-refractivity contribution in [1.82, 2.24) is 0 Å². The molecule has 1 saturated carbocycles. The molecular weight excluding hydrogens is 132 g/mol. The fraction of sp³-hybridized carbons (Fsp3) is 0.909. The molecule has 2 radical (unpaired) electrons. The first-order valence-electron chi connectivity index (χ1n) is 4.84. The summed E-state index contributed by atoms with van der Waals surface area (Å²) in [6, 6.07) is 0. The van der Waals surface area contributed by atoms with Gasteiger partial charge in [-0.15, -0.1) is 0 Å². The van der Waals surface area contributed by atoms with Crippen LogP contribution in [-0.4, -0.2) is 0 Å². The van der Waals surface area contributed by atoms with Crippen molar-refractivity contribution in [2.45, 2.75) is 47.0 Å². The monoisotopic (exact) mass is 152 g/mol. The molecule has 0 heteroatoms. The highest BCUT2D eigenvalue weighted by atomic mass is 14.4. The Kier molecular flexibility index (Phi) is 2.61. The summed E-state index contributed by atoms with van der Waals surface area (Å²) in [6.45, 7) is 9.33. The predicted octanol–water partition coefficient (Wildman–Crippen LogP) is 3.55. The molecule has 1 fully saturated rings. The van der Waals surface area contributed by atoms with E-state index in [4.69, 9.17) is 0 Å². The second-order valence-electron chi connectivity index (χ2n) is 4.38. The summed E-state index contributed by atoms with van der Waals surface area (Å²) in [5, 5.41) is 0. The standard InChI is InChI=1S/C11H20/c1-9(2)11(10(3)4)7-5-6-8-11/h9-10H,5-7H2,1-4H3. The van der Waals surface area contributed by atoms with Gasteiger partial charge in [0.1, 0.15) is 0 Å². The van der Waals surface area contributed by atoms with Crippen LogP contribution in [0.2, 0.25) is 0 Å². The van der Waals surface area contributed by atoms with Crippen LogP contribution in [0.3, 0.4) is 0 Å². The number of rotatable bonds is 2. The molecule has 0 amide bonds. The Morgan fingerprint density at radius 1 is 1.09 bits per heavy atom. The van der Waals surface area contributed by atoms with Gasteiger partial charge in [0.25, 0.3) is 0 Å². The van der Waals surface area contributed by atoms with Crippen molar-refractivity contribution < 1.29 is 0 Å². The third kappa shape index (κ3) is 1.45. The Balaban J connectivity index is 2.70. The van der Waals surface area contributed by atoms with Gasteiger partial charge < -0.3 is 0 Å². The van der Waals surface area contributed by atoms with Gasteiger partial charge in [0.2, 0.25) is 0 Å². The first-order valence-corrected chi connectivity index (χ1v) is 4.84. The van der Waals surface area contributed by atoms with E-state index in [0.29, 0.717) is 5.41 Å². The van der Waals surface area contributed by atoms with E-state index in [1.807, 2.05) is 0 Å². The number of hydrogen-bond acceptors (Lipinski definition) is 0. The molecule has 0 unspecified atom stereocenters. The van der Waals surface area contributed by atoms with E-state index in [1.54, 1.807) is 0 Å². The van der Waals surface area contributed by atoms with Gasteiger partial charge in [-0.2, -0.15) is 0 Å². The molecule has 0 aromatic heterocycles. The Morgan fingerprint density at radius 3 is 1.82 bits per heavy atom. The molecule has 0 bridgehead atoms. The van der Waals surface area contributed by atoms with Crippen LogP contribution < -0.4 is 0 Å². The van der Waals surface area contributed by atoms with E-state index in [9.17, 15) is 0 Å². The molecule has 0 aliphatic heterocycles. The van der Waals surface area contributed by atoms with Crippen LogP contribution in [0.1, 0.15) is 47.0 Å². The highest BCUT2D eigenvalue weighted by Crippen LogP contribution is 2.48. The second-order valence-corrected chi connectivity index (χ2v) is 4.38. The number of hydrogen-bond donors (Lipinski definition) is 0. The molecule has 0 aromatic carbocycles. The van der Waals surface area contributed by atoms with E-state index in [-0.39, 0.29) is 0 Å². The van der Waals surface area contributed by atoms with Gasteiger partial charge in [-0.1, -0.05) is 34.1 Å². The van der Waals surface area contributed by atoms with Crippen molar-refractivity contribution in [2.75, 3.05) is 0 Å². The molecule has 0 nitrogen and oxygen atoms in total. The van der Waals surface area contributed by atoms with Crippen molar-refractivity contribution in [3.8, 4) is 0 Å². The Labute approximate surface area is 71.4 Å². The lowest BCUT2D eigenvalue weighted by Gasteiger charge is -2.37. The molecule has 1 aliphatic rings. The summed E-state index contributed by atoms with van der Waals surface area (Å²) in [7, 11) is 0. The Bertz CT molecular complexity index is 106. The summed E-state index contributed by atoms with van der Waals surface area (Å²) >= 11 is 0. The maximum atomic E-state index is 3.67. The lowest BCUT2D eigenvalue weighted by Crippen LogP contribution is -2.30.